The van der Waals surface area contributed by atoms with E-state index in [1.165, 1.54) is 0 Å². The number of rotatable bonds is 5. The van der Waals surface area contributed by atoms with Crippen molar-refractivity contribution < 1.29 is 14.3 Å². The van der Waals surface area contributed by atoms with E-state index in [0.29, 0.717) is 19.5 Å². The van der Waals surface area contributed by atoms with E-state index in [4.69, 9.17) is 4.74 Å². The van der Waals surface area contributed by atoms with Crippen LogP contribution in [0.3, 0.4) is 0 Å². The van der Waals surface area contributed by atoms with Crippen LogP contribution in [0.4, 0.5) is 0 Å². The highest BCUT2D eigenvalue weighted by Crippen LogP contribution is 2.40. The quantitative estimate of drug-likeness (QED) is 0.771. The van der Waals surface area contributed by atoms with Crippen LogP contribution in [0.2, 0.25) is 0 Å². The highest BCUT2D eigenvalue weighted by Gasteiger charge is 2.51. The Morgan fingerprint density at radius 3 is 2.53 bits per heavy atom. The molecule has 4 heterocycles. The van der Waals surface area contributed by atoms with Crippen LogP contribution < -0.4 is 5.56 Å². The maximum atomic E-state index is 13.2. The number of hydrogen-bond acceptors (Lipinski definition) is 5. The first-order valence-electron chi connectivity index (χ1n) is 11.0. The lowest BCUT2D eigenvalue weighted by Crippen LogP contribution is -2.44. The zero-order valence-corrected chi connectivity index (χ0v) is 18.0. The zero-order chi connectivity index (χ0) is 21.3. The first-order valence-corrected chi connectivity index (χ1v) is 11.0. The molecule has 1 aromatic rings. The number of aromatic amines is 1. The molecular formula is C22H32N4O4. The smallest absolute Gasteiger partial charge is 0.261 e. The van der Waals surface area contributed by atoms with Gasteiger partial charge < -0.3 is 19.5 Å². The molecule has 0 aromatic carbocycles. The zero-order valence-electron chi connectivity index (χ0n) is 18.0. The highest BCUT2D eigenvalue weighted by atomic mass is 16.5. The van der Waals surface area contributed by atoms with Crippen LogP contribution in [-0.2, 0) is 9.53 Å². The molecule has 1 atom stereocenters. The van der Waals surface area contributed by atoms with E-state index < -0.39 is 5.41 Å². The first kappa shape index (κ1) is 21.1. The van der Waals surface area contributed by atoms with Gasteiger partial charge >= 0.3 is 0 Å². The second-order valence-electron chi connectivity index (χ2n) is 9.06. The summed E-state index contributed by atoms with van der Waals surface area (Å²) < 4.78 is 5.38. The fourth-order valence-corrected chi connectivity index (χ4v) is 4.78. The number of ether oxygens (including phenoxy) is 1. The van der Waals surface area contributed by atoms with Crippen molar-refractivity contribution in [2.75, 3.05) is 59.0 Å². The summed E-state index contributed by atoms with van der Waals surface area (Å²) in [6, 6.07) is 3.42. The molecule has 164 valence electrons. The molecule has 30 heavy (non-hydrogen) atoms. The van der Waals surface area contributed by atoms with Crippen LogP contribution in [0, 0.1) is 5.41 Å². The Bertz CT molecular complexity index is 861. The minimum absolute atomic E-state index is 0.158. The van der Waals surface area contributed by atoms with Crippen molar-refractivity contribution in [1.29, 1.82) is 0 Å². The molecule has 8 heteroatoms. The van der Waals surface area contributed by atoms with Crippen LogP contribution >= 0.6 is 0 Å². The summed E-state index contributed by atoms with van der Waals surface area (Å²) in [7, 11) is 0. The van der Waals surface area contributed by atoms with Gasteiger partial charge in [-0.1, -0.05) is 13.8 Å². The van der Waals surface area contributed by atoms with Gasteiger partial charge in [-0.15, -0.1) is 0 Å². The molecule has 1 N–H and O–H groups in total. The number of nitrogens with one attached hydrogen (secondary N) is 1. The molecule has 0 radical (unpaired) electrons. The third-order valence-electron chi connectivity index (χ3n) is 6.82. The van der Waals surface area contributed by atoms with E-state index in [1.807, 2.05) is 18.7 Å². The number of carbonyl (C=O) groups is 2. The second kappa shape index (κ2) is 8.51. The van der Waals surface area contributed by atoms with E-state index >= 15 is 0 Å². The summed E-state index contributed by atoms with van der Waals surface area (Å²) in [5.41, 5.74) is 0.144. The lowest BCUT2D eigenvalue weighted by atomic mass is 9.85. The van der Waals surface area contributed by atoms with Crippen LogP contribution in [0.1, 0.15) is 48.7 Å². The standard InChI is InChI=1S/C22H32N4O4/c1-16(2)18-4-3-17(19(27)23-18)20(28)26-8-6-22(15-26)5-7-25(21(22)29)10-9-24-11-13-30-14-12-24/h3-4,16H,5-15H2,1-2H3,(H,23,27). The van der Waals surface area contributed by atoms with Crippen LogP contribution in [-0.4, -0.2) is 90.5 Å². The number of aromatic nitrogens is 1. The predicted octanol–water partition coefficient (Wildman–Crippen LogP) is 0.895. The van der Waals surface area contributed by atoms with Gasteiger partial charge in [0, 0.05) is 51.5 Å². The van der Waals surface area contributed by atoms with Crippen LogP contribution in [0.15, 0.2) is 16.9 Å². The monoisotopic (exact) mass is 416 g/mol. The van der Waals surface area contributed by atoms with Crippen molar-refractivity contribution in [3.05, 3.63) is 33.7 Å². The second-order valence-corrected chi connectivity index (χ2v) is 9.06. The molecule has 2 amide bonds. The van der Waals surface area contributed by atoms with Gasteiger partial charge in [-0.3, -0.25) is 19.3 Å². The topological polar surface area (TPSA) is 86.0 Å². The lowest BCUT2D eigenvalue weighted by Gasteiger charge is -2.29. The molecule has 3 aliphatic heterocycles. The summed E-state index contributed by atoms with van der Waals surface area (Å²) in [6.45, 7) is 10.6. The Balaban J connectivity index is 1.38. The molecule has 0 bridgehead atoms. The third-order valence-corrected chi connectivity index (χ3v) is 6.82. The minimum atomic E-state index is -0.481. The number of H-pyrrole nitrogens is 1. The molecule has 8 nitrogen and oxygen atoms in total. The SMILES string of the molecule is CC(C)c1ccc(C(=O)N2CCC3(CCN(CCN4CCOCC4)C3=O)C2)c(=O)[nH]1. The Kier molecular flexibility index (Phi) is 5.97. The average molecular weight is 417 g/mol. The number of likely N-dealkylation sites (tertiary alicyclic amines) is 2. The lowest BCUT2D eigenvalue weighted by molar-refractivity contribution is -0.135. The summed E-state index contributed by atoms with van der Waals surface area (Å²) in [6.07, 6.45) is 1.45. The number of nitrogens with zero attached hydrogens (tertiary/aromatic N) is 3. The number of hydrogen-bond donors (Lipinski definition) is 1. The Morgan fingerprint density at radius 1 is 1.10 bits per heavy atom. The number of morpholine rings is 1. The van der Waals surface area contributed by atoms with E-state index in [-0.39, 0.29) is 28.9 Å². The number of amides is 2. The van der Waals surface area contributed by atoms with Gasteiger partial charge in [0.2, 0.25) is 5.91 Å². The van der Waals surface area contributed by atoms with Gasteiger partial charge in [-0.25, -0.2) is 0 Å². The van der Waals surface area contributed by atoms with Crippen LogP contribution in [0.5, 0.6) is 0 Å². The number of carbonyl (C=O) groups excluding carboxylic acids is 2. The third kappa shape index (κ3) is 4.03. The largest absolute Gasteiger partial charge is 0.379 e. The molecule has 3 saturated heterocycles. The summed E-state index contributed by atoms with van der Waals surface area (Å²) in [5, 5.41) is 0. The summed E-state index contributed by atoms with van der Waals surface area (Å²) in [5.74, 6) is 0.0783. The van der Waals surface area contributed by atoms with E-state index in [2.05, 4.69) is 9.88 Å². The fourth-order valence-electron chi connectivity index (χ4n) is 4.78. The molecule has 0 saturated carbocycles. The Hall–Kier alpha value is -2.19. The molecule has 0 aliphatic carbocycles. The molecular weight excluding hydrogens is 384 g/mol. The molecule has 1 aromatic heterocycles. The molecule has 4 rings (SSSR count). The maximum absolute atomic E-state index is 13.2. The van der Waals surface area contributed by atoms with Gasteiger partial charge in [-0.05, 0) is 30.9 Å². The summed E-state index contributed by atoms with van der Waals surface area (Å²) in [4.78, 5) is 47.3. The maximum Gasteiger partial charge on any atom is 0.261 e. The highest BCUT2D eigenvalue weighted by molar-refractivity contribution is 5.95. The predicted molar refractivity (Wildman–Crippen MR) is 113 cm³/mol. The van der Waals surface area contributed by atoms with Gasteiger partial charge in [0.25, 0.3) is 11.5 Å². The van der Waals surface area contributed by atoms with Crippen molar-refractivity contribution in [3.8, 4) is 0 Å². The fraction of sp³-hybridized carbons (Fsp3) is 0.682. The van der Waals surface area contributed by atoms with Gasteiger partial charge in [0.15, 0.2) is 0 Å². The molecule has 1 unspecified atom stereocenters. The van der Waals surface area contributed by atoms with Crippen molar-refractivity contribution in [1.82, 2.24) is 19.7 Å². The van der Waals surface area contributed by atoms with Gasteiger partial charge in [0.1, 0.15) is 5.56 Å². The van der Waals surface area contributed by atoms with Crippen molar-refractivity contribution in [2.24, 2.45) is 5.41 Å². The number of pyridine rings is 1. The average Bonchev–Trinajstić information content (AvgIpc) is 3.31. The van der Waals surface area contributed by atoms with Gasteiger partial charge in [0.05, 0.1) is 18.6 Å². The Morgan fingerprint density at radius 2 is 1.83 bits per heavy atom. The minimum Gasteiger partial charge on any atom is -0.379 e. The van der Waals surface area contributed by atoms with Crippen LogP contribution in [0.25, 0.3) is 0 Å². The van der Waals surface area contributed by atoms with Crippen molar-refractivity contribution in [3.63, 3.8) is 0 Å². The Labute approximate surface area is 177 Å². The van der Waals surface area contributed by atoms with E-state index in [9.17, 15) is 14.4 Å². The first-order chi connectivity index (χ1) is 14.4. The van der Waals surface area contributed by atoms with E-state index in [1.54, 1.807) is 17.0 Å². The van der Waals surface area contributed by atoms with E-state index in [0.717, 1.165) is 58.1 Å². The summed E-state index contributed by atoms with van der Waals surface area (Å²) >= 11 is 0. The molecule has 1 spiro atoms. The van der Waals surface area contributed by atoms with Crippen molar-refractivity contribution in [2.45, 2.75) is 32.6 Å². The van der Waals surface area contributed by atoms with Crippen molar-refractivity contribution >= 4 is 11.8 Å². The molecule has 3 fully saturated rings. The normalized spacial score (nSPS) is 25.1. The molecule has 3 aliphatic rings. The van der Waals surface area contributed by atoms with Gasteiger partial charge in [-0.2, -0.15) is 0 Å².